The van der Waals surface area contributed by atoms with Gasteiger partial charge < -0.3 is 5.11 Å². The Morgan fingerprint density at radius 3 is 2.62 bits per heavy atom. The van der Waals surface area contributed by atoms with Gasteiger partial charge in [0, 0.05) is 12.7 Å². The van der Waals surface area contributed by atoms with Crippen LogP contribution in [0.25, 0.3) is 0 Å². The van der Waals surface area contributed by atoms with Crippen LogP contribution in [0.5, 0.6) is 0 Å². The Labute approximate surface area is 125 Å². The first-order chi connectivity index (χ1) is 9.54. The lowest BCUT2D eigenvalue weighted by Crippen LogP contribution is -2.36. The Kier molecular flexibility index (Phi) is 5.52. The molecule has 8 heteroatoms. The van der Waals surface area contributed by atoms with Gasteiger partial charge in [-0.05, 0) is 11.3 Å². The minimum absolute atomic E-state index is 0.0486. The van der Waals surface area contributed by atoms with Crippen LogP contribution >= 0.6 is 0 Å². The lowest BCUT2D eigenvalue weighted by atomic mass is 9.81. The number of rotatable bonds is 8. The Morgan fingerprint density at radius 2 is 2.10 bits per heavy atom. The van der Waals surface area contributed by atoms with E-state index in [1.807, 2.05) is 27.7 Å². The summed E-state index contributed by atoms with van der Waals surface area (Å²) in [4.78, 5) is 10.5. The zero-order chi connectivity index (χ0) is 16.3. The predicted molar refractivity (Wildman–Crippen MR) is 78.3 cm³/mol. The van der Waals surface area contributed by atoms with E-state index in [0.717, 1.165) is 0 Å². The predicted octanol–water partition coefficient (Wildman–Crippen LogP) is 1.32. The average molecular weight is 317 g/mol. The lowest BCUT2D eigenvalue weighted by molar-refractivity contribution is -0.137. The van der Waals surface area contributed by atoms with E-state index in [9.17, 15) is 13.2 Å². The molecule has 0 aliphatic heterocycles. The van der Waals surface area contributed by atoms with Gasteiger partial charge >= 0.3 is 5.97 Å². The number of sulfonamides is 1. The van der Waals surface area contributed by atoms with Gasteiger partial charge in [-0.1, -0.05) is 27.7 Å². The molecule has 21 heavy (non-hydrogen) atoms. The molecule has 120 valence electrons. The summed E-state index contributed by atoms with van der Waals surface area (Å²) in [7, 11) is -3.63. The summed E-state index contributed by atoms with van der Waals surface area (Å²) in [5.74, 6) is -0.620. The summed E-state index contributed by atoms with van der Waals surface area (Å²) in [5.41, 5.74) is -0.160. The number of carboxylic acid groups (broad SMARTS) is 1. The van der Waals surface area contributed by atoms with Crippen LogP contribution in [0.3, 0.4) is 0 Å². The lowest BCUT2D eigenvalue weighted by Gasteiger charge is -2.29. The van der Waals surface area contributed by atoms with Gasteiger partial charge in [-0.25, -0.2) is 13.1 Å². The number of hydrogen-bond donors (Lipinski definition) is 2. The molecule has 0 saturated carbocycles. The topological polar surface area (TPSA) is 101 Å². The number of aryl methyl sites for hydroxylation is 1. The molecule has 2 N–H and O–H groups in total. The van der Waals surface area contributed by atoms with Crippen molar-refractivity contribution >= 4 is 16.0 Å². The highest BCUT2D eigenvalue weighted by molar-refractivity contribution is 7.89. The second-order valence-electron chi connectivity index (χ2n) is 6.05. The zero-order valence-electron chi connectivity index (χ0n) is 12.8. The third-order valence-electron chi connectivity index (χ3n) is 3.76. The maximum atomic E-state index is 12.2. The minimum Gasteiger partial charge on any atom is -0.481 e. The number of aliphatic carboxylic acids is 1. The molecule has 0 aliphatic rings. The number of nitrogens with zero attached hydrogens (tertiary/aromatic N) is 2. The maximum absolute atomic E-state index is 12.2. The number of hydrogen-bond acceptors (Lipinski definition) is 4. The highest BCUT2D eigenvalue weighted by Crippen LogP contribution is 2.25. The van der Waals surface area contributed by atoms with E-state index < -0.39 is 16.0 Å². The van der Waals surface area contributed by atoms with Gasteiger partial charge in [0.05, 0.1) is 19.2 Å². The first-order valence-electron chi connectivity index (χ1n) is 6.78. The normalized spacial score (nSPS) is 12.8. The molecule has 1 aromatic heterocycles. The van der Waals surface area contributed by atoms with E-state index in [-0.39, 0.29) is 23.3 Å². The molecule has 0 fully saturated rings. The highest BCUT2D eigenvalue weighted by atomic mass is 32.2. The number of carbonyl (C=O) groups is 1. The van der Waals surface area contributed by atoms with Crippen molar-refractivity contribution in [2.45, 2.75) is 45.6 Å². The van der Waals surface area contributed by atoms with Crippen LogP contribution in [0.2, 0.25) is 0 Å². The number of aromatic nitrogens is 2. The van der Waals surface area contributed by atoms with E-state index >= 15 is 0 Å². The molecule has 0 amide bonds. The van der Waals surface area contributed by atoms with Gasteiger partial charge in [0.2, 0.25) is 10.0 Å². The first-order valence-corrected chi connectivity index (χ1v) is 8.27. The van der Waals surface area contributed by atoms with Crippen molar-refractivity contribution in [2.75, 3.05) is 6.54 Å². The maximum Gasteiger partial charge on any atom is 0.305 e. The second kappa shape index (κ2) is 6.57. The number of carboxylic acids is 1. The molecule has 0 spiro atoms. The van der Waals surface area contributed by atoms with Crippen LogP contribution in [0.15, 0.2) is 17.3 Å². The Balaban J connectivity index is 2.73. The van der Waals surface area contributed by atoms with Crippen molar-refractivity contribution < 1.29 is 18.3 Å². The molecular formula is C13H23N3O4S. The van der Waals surface area contributed by atoms with Gasteiger partial charge in [0.15, 0.2) is 0 Å². The third-order valence-corrected chi connectivity index (χ3v) is 5.11. The van der Waals surface area contributed by atoms with Crippen LogP contribution in [0.1, 0.15) is 34.1 Å². The van der Waals surface area contributed by atoms with E-state index in [1.165, 1.54) is 17.1 Å². The molecular weight excluding hydrogens is 294 g/mol. The summed E-state index contributed by atoms with van der Waals surface area (Å²) in [6.07, 6.45) is 2.47. The molecule has 7 nitrogen and oxygen atoms in total. The van der Waals surface area contributed by atoms with Crippen molar-refractivity contribution in [1.82, 2.24) is 14.5 Å². The standard InChI is InChI=1S/C13H23N3O4S/c1-10(2)13(3,4)9-15-21(19,20)11-7-14-16(8-11)6-5-12(17)18/h7-8,10,15H,5-6,9H2,1-4H3,(H,17,18). The van der Waals surface area contributed by atoms with Crippen LogP contribution in [-0.4, -0.2) is 35.8 Å². The largest absolute Gasteiger partial charge is 0.481 e. The molecule has 0 atom stereocenters. The van der Waals surface area contributed by atoms with Gasteiger partial charge in [-0.2, -0.15) is 5.10 Å². The summed E-state index contributed by atoms with van der Waals surface area (Å²) >= 11 is 0. The van der Waals surface area contributed by atoms with Crippen molar-refractivity contribution in [2.24, 2.45) is 11.3 Å². The smallest absolute Gasteiger partial charge is 0.305 e. The van der Waals surface area contributed by atoms with Gasteiger partial charge in [-0.3, -0.25) is 9.48 Å². The minimum atomic E-state index is -3.63. The van der Waals surface area contributed by atoms with Crippen molar-refractivity contribution in [3.63, 3.8) is 0 Å². The van der Waals surface area contributed by atoms with Crippen molar-refractivity contribution in [3.8, 4) is 0 Å². The second-order valence-corrected chi connectivity index (χ2v) is 7.82. The fraction of sp³-hybridized carbons (Fsp3) is 0.692. The van der Waals surface area contributed by atoms with Crippen LogP contribution in [-0.2, 0) is 21.4 Å². The van der Waals surface area contributed by atoms with Gasteiger partial charge in [-0.15, -0.1) is 0 Å². The van der Waals surface area contributed by atoms with Crippen molar-refractivity contribution in [3.05, 3.63) is 12.4 Å². The van der Waals surface area contributed by atoms with E-state index in [0.29, 0.717) is 12.5 Å². The summed E-state index contributed by atoms with van der Waals surface area (Å²) < 4.78 is 28.2. The van der Waals surface area contributed by atoms with Gasteiger partial charge in [0.1, 0.15) is 4.90 Å². The molecule has 0 aliphatic carbocycles. The summed E-state index contributed by atoms with van der Waals surface area (Å²) in [5, 5.41) is 12.5. The van der Waals surface area contributed by atoms with Crippen LogP contribution in [0.4, 0.5) is 0 Å². The summed E-state index contributed by atoms with van der Waals surface area (Å²) in [6, 6.07) is 0. The number of nitrogens with one attached hydrogen (secondary N) is 1. The van der Waals surface area contributed by atoms with E-state index in [4.69, 9.17) is 5.11 Å². The molecule has 1 heterocycles. The van der Waals surface area contributed by atoms with Crippen molar-refractivity contribution in [1.29, 1.82) is 0 Å². The molecule has 0 saturated heterocycles. The average Bonchev–Trinajstić information content (AvgIpc) is 2.83. The highest BCUT2D eigenvalue weighted by Gasteiger charge is 2.26. The first kappa shape index (κ1) is 17.6. The quantitative estimate of drug-likeness (QED) is 0.753. The third kappa shape index (κ3) is 5.13. The monoisotopic (exact) mass is 317 g/mol. The molecule has 1 aromatic rings. The molecule has 1 rings (SSSR count). The Hall–Kier alpha value is -1.41. The Bertz CT molecular complexity index is 590. The van der Waals surface area contributed by atoms with Crippen LogP contribution in [0, 0.1) is 11.3 Å². The molecule has 0 unspecified atom stereocenters. The fourth-order valence-electron chi connectivity index (χ4n) is 1.38. The van der Waals surface area contributed by atoms with E-state index in [2.05, 4.69) is 9.82 Å². The molecule has 0 bridgehead atoms. The molecule has 0 aromatic carbocycles. The summed E-state index contributed by atoms with van der Waals surface area (Å²) in [6.45, 7) is 8.54. The van der Waals surface area contributed by atoms with Crippen LogP contribution < -0.4 is 4.72 Å². The molecule has 0 radical (unpaired) electrons. The zero-order valence-corrected chi connectivity index (χ0v) is 13.6. The SMILES string of the molecule is CC(C)C(C)(C)CNS(=O)(=O)c1cnn(CCC(=O)O)c1. The van der Waals surface area contributed by atoms with Gasteiger partial charge in [0.25, 0.3) is 0 Å². The van der Waals surface area contributed by atoms with E-state index in [1.54, 1.807) is 0 Å². The fourth-order valence-corrected chi connectivity index (χ4v) is 2.56. The Morgan fingerprint density at radius 1 is 1.48 bits per heavy atom.